The molecular formula is C13H15N3S. The van der Waals surface area contributed by atoms with Crippen molar-refractivity contribution in [2.45, 2.75) is 25.8 Å². The molecule has 1 saturated carbocycles. The monoisotopic (exact) mass is 245 g/mol. The smallest absolute Gasteiger partial charge is 0.195 e. The van der Waals surface area contributed by atoms with E-state index >= 15 is 0 Å². The molecule has 1 N–H and O–H groups in total. The third kappa shape index (κ3) is 1.82. The molecule has 3 nitrogen and oxygen atoms in total. The molecule has 2 atom stereocenters. The van der Waals surface area contributed by atoms with Crippen molar-refractivity contribution in [1.82, 2.24) is 14.8 Å². The normalized spacial score (nSPS) is 22.6. The first-order chi connectivity index (χ1) is 8.31. The molecule has 2 aromatic rings. The van der Waals surface area contributed by atoms with Crippen molar-refractivity contribution in [2.24, 2.45) is 5.92 Å². The summed E-state index contributed by atoms with van der Waals surface area (Å²) in [6.45, 7) is 2.23. The minimum atomic E-state index is 0.543. The third-order valence-electron chi connectivity index (χ3n) is 3.48. The Kier molecular flexibility index (Phi) is 2.59. The van der Waals surface area contributed by atoms with Crippen LogP contribution >= 0.6 is 12.2 Å². The number of benzene rings is 1. The van der Waals surface area contributed by atoms with Crippen molar-refractivity contribution >= 4 is 12.2 Å². The van der Waals surface area contributed by atoms with Crippen molar-refractivity contribution < 1.29 is 0 Å². The first kappa shape index (κ1) is 10.7. The Labute approximate surface area is 105 Å². The lowest BCUT2D eigenvalue weighted by atomic mass is 10.2. The Balaban J connectivity index is 2.05. The first-order valence-electron chi connectivity index (χ1n) is 6.03. The van der Waals surface area contributed by atoms with Crippen LogP contribution in [-0.2, 0) is 0 Å². The molecule has 17 heavy (non-hydrogen) atoms. The zero-order valence-electron chi connectivity index (χ0n) is 9.76. The van der Waals surface area contributed by atoms with Gasteiger partial charge in [0.15, 0.2) is 10.6 Å². The summed E-state index contributed by atoms with van der Waals surface area (Å²) >= 11 is 5.33. The van der Waals surface area contributed by atoms with Crippen LogP contribution in [0.2, 0.25) is 0 Å². The van der Waals surface area contributed by atoms with Gasteiger partial charge in [-0.1, -0.05) is 43.7 Å². The summed E-state index contributed by atoms with van der Waals surface area (Å²) in [5.74, 6) is 1.73. The Hall–Kier alpha value is -1.42. The first-order valence-corrected chi connectivity index (χ1v) is 6.44. The van der Waals surface area contributed by atoms with E-state index in [9.17, 15) is 0 Å². The van der Waals surface area contributed by atoms with Crippen LogP contribution in [0.4, 0.5) is 0 Å². The van der Waals surface area contributed by atoms with Crippen LogP contribution in [0.1, 0.15) is 25.8 Å². The Morgan fingerprint density at radius 2 is 2.18 bits per heavy atom. The second-order valence-electron chi connectivity index (χ2n) is 4.56. The molecule has 1 fully saturated rings. The number of nitrogens with one attached hydrogen (secondary N) is 1. The Morgan fingerprint density at radius 3 is 2.82 bits per heavy atom. The van der Waals surface area contributed by atoms with E-state index in [0.29, 0.717) is 6.04 Å². The highest BCUT2D eigenvalue weighted by molar-refractivity contribution is 7.71. The fourth-order valence-corrected chi connectivity index (χ4v) is 2.66. The van der Waals surface area contributed by atoms with Gasteiger partial charge in [-0.2, -0.15) is 5.10 Å². The lowest BCUT2D eigenvalue weighted by molar-refractivity contribution is 0.638. The van der Waals surface area contributed by atoms with Crippen LogP contribution in [0.3, 0.4) is 0 Å². The fraction of sp³-hybridized carbons (Fsp3) is 0.385. The number of H-pyrrole nitrogens is 1. The third-order valence-corrected chi connectivity index (χ3v) is 3.77. The minimum absolute atomic E-state index is 0.543. The van der Waals surface area contributed by atoms with Gasteiger partial charge < -0.3 is 0 Å². The van der Waals surface area contributed by atoms with Crippen molar-refractivity contribution in [1.29, 1.82) is 0 Å². The molecule has 0 amide bonds. The quantitative estimate of drug-likeness (QED) is 0.839. The molecule has 2 unspecified atom stereocenters. The van der Waals surface area contributed by atoms with E-state index in [1.807, 2.05) is 18.2 Å². The molecule has 88 valence electrons. The van der Waals surface area contributed by atoms with Gasteiger partial charge in [-0.05, 0) is 24.6 Å². The van der Waals surface area contributed by atoms with E-state index in [1.165, 1.54) is 12.8 Å². The summed E-state index contributed by atoms with van der Waals surface area (Å²) in [6, 6.07) is 10.8. The van der Waals surface area contributed by atoms with Gasteiger partial charge in [0, 0.05) is 11.6 Å². The second kappa shape index (κ2) is 4.11. The highest BCUT2D eigenvalue weighted by atomic mass is 32.1. The largest absolute Gasteiger partial charge is 0.297 e. The van der Waals surface area contributed by atoms with Gasteiger partial charge in [0.2, 0.25) is 0 Å². The van der Waals surface area contributed by atoms with Gasteiger partial charge in [0.05, 0.1) is 0 Å². The van der Waals surface area contributed by atoms with E-state index in [-0.39, 0.29) is 0 Å². The molecule has 0 saturated heterocycles. The molecule has 1 aliphatic carbocycles. The van der Waals surface area contributed by atoms with E-state index in [0.717, 1.165) is 22.1 Å². The number of rotatable bonds is 3. The van der Waals surface area contributed by atoms with Gasteiger partial charge in [0.1, 0.15) is 0 Å². The summed E-state index contributed by atoms with van der Waals surface area (Å²) in [7, 11) is 0. The maximum absolute atomic E-state index is 5.33. The summed E-state index contributed by atoms with van der Waals surface area (Å²) < 4.78 is 2.92. The molecule has 1 aromatic heterocycles. The topological polar surface area (TPSA) is 33.6 Å². The minimum Gasteiger partial charge on any atom is -0.297 e. The second-order valence-corrected chi connectivity index (χ2v) is 4.95. The van der Waals surface area contributed by atoms with Crippen LogP contribution < -0.4 is 0 Å². The molecule has 1 aliphatic rings. The number of aromatic amines is 1. The van der Waals surface area contributed by atoms with Crippen LogP contribution in [0.25, 0.3) is 11.4 Å². The van der Waals surface area contributed by atoms with Gasteiger partial charge in [0.25, 0.3) is 0 Å². The average Bonchev–Trinajstić information content (AvgIpc) is 3.05. The van der Waals surface area contributed by atoms with E-state index in [2.05, 4.69) is 33.8 Å². The zero-order chi connectivity index (χ0) is 11.8. The number of nitrogens with zero attached hydrogens (tertiary/aromatic N) is 2. The molecule has 0 bridgehead atoms. The Bertz CT molecular complexity index is 570. The van der Waals surface area contributed by atoms with Crippen molar-refractivity contribution in [3.8, 4) is 11.4 Å². The zero-order valence-corrected chi connectivity index (χ0v) is 10.6. The highest BCUT2D eigenvalue weighted by Gasteiger charge is 2.39. The van der Waals surface area contributed by atoms with Crippen LogP contribution in [0, 0.1) is 10.7 Å². The molecule has 0 aliphatic heterocycles. The maximum atomic E-state index is 5.33. The number of aromatic nitrogens is 3. The molecule has 0 radical (unpaired) electrons. The van der Waals surface area contributed by atoms with Gasteiger partial charge in [-0.25, -0.2) is 0 Å². The Morgan fingerprint density at radius 1 is 1.41 bits per heavy atom. The van der Waals surface area contributed by atoms with E-state index in [4.69, 9.17) is 12.2 Å². The van der Waals surface area contributed by atoms with Crippen LogP contribution in [-0.4, -0.2) is 14.8 Å². The lowest BCUT2D eigenvalue weighted by Gasteiger charge is -2.05. The molecule has 3 rings (SSSR count). The van der Waals surface area contributed by atoms with Crippen molar-refractivity contribution in [2.75, 3.05) is 0 Å². The predicted octanol–water partition coefficient (Wildman–Crippen LogP) is 3.58. The summed E-state index contributed by atoms with van der Waals surface area (Å²) in [4.78, 5) is 0. The average molecular weight is 245 g/mol. The summed E-state index contributed by atoms with van der Waals surface area (Å²) in [5.41, 5.74) is 1.13. The molecule has 0 spiro atoms. The molecule has 1 heterocycles. The van der Waals surface area contributed by atoms with Crippen molar-refractivity contribution in [3.63, 3.8) is 0 Å². The molecule has 4 heteroatoms. The molecule has 1 aromatic carbocycles. The van der Waals surface area contributed by atoms with Gasteiger partial charge in [-0.15, -0.1) is 0 Å². The highest BCUT2D eigenvalue weighted by Crippen LogP contribution is 2.47. The summed E-state index contributed by atoms with van der Waals surface area (Å²) in [5, 5.41) is 7.28. The summed E-state index contributed by atoms with van der Waals surface area (Å²) in [6.07, 6.45) is 2.44. The lowest BCUT2D eigenvalue weighted by Crippen LogP contribution is -1.99. The van der Waals surface area contributed by atoms with Crippen molar-refractivity contribution in [3.05, 3.63) is 35.1 Å². The standard InChI is InChI=1S/C13H15N3S/c1-2-9-8-11(9)16-12(14-15-13(16)17)10-6-4-3-5-7-10/h3-7,9,11H,2,8H2,1H3,(H,15,17). The predicted molar refractivity (Wildman–Crippen MR) is 70.3 cm³/mol. The van der Waals surface area contributed by atoms with Gasteiger partial charge >= 0.3 is 0 Å². The SMILES string of the molecule is CCC1CC1n1c(-c2ccccc2)n[nH]c1=S. The maximum Gasteiger partial charge on any atom is 0.195 e. The van der Waals surface area contributed by atoms with Gasteiger partial charge in [-0.3, -0.25) is 9.67 Å². The van der Waals surface area contributed by atoms with E-state index < -0.39 is 0 Å². The molecular weight excluding hydrogens is 230 g/mol. The number of hydrogen-bond donors (Lipinski definition) is 1. The fourth-order valence-electron chi connectivity index (χ4n) is 2.39. The van der Waals surface area contributed by atoms with Crippen LogP contribution in [0.5, 0.6) is 0 Å². The van der Waals surface area contributed by atoms with E-state index in [1.54, 1.807) is 0 Å². The number of hydrogen-bond acceptors (Lipinski definition) is 2. The van der Waals surface area contributed by atoms with Crippen LogP contribution in [0.15, 0.2) is 30.3 Å².